The first-order valence-electron chi connectivity index (χ1n) is 9.36. The van der Waals surface area contributed by atoms with Crippen LogP contribution in [0.5, 0.6) is 0 Å². The molecule has 1 unspecified atom stereocenters. The van der Waals surface area contributed by atoms with Crippen molar-refractivity contribution in [3.05, 3.63) is 30.3 Å². The Kier molecular flexibility index (Phi) is 5.54. The van der Waals surface area contributed by atoms with Gasteiger partial charge in [0, 0.05) is 31.2 Å². The predicted molar refractivity (Wildman–Crippen MR) is 95.7 cm³/mol. The van der Waals surface area contributed by atoms with Gasteiger partial charge in [0.1, 0.15) is 0 Å². The molecule has 1 aliphatic carbocycles. The Bertz CT molecular complexity index is 568. The van der Waals surface area contributed by atoms with E-state index in [1.165, 1.54) is 0 Å². The lowest BCUT2D eigenvalue weighted by Crippen LogP contribution is -2.47. The zero-order valence-corrected chi connectivity index (χ0v) is 14.6. The smallest absolute Gasteiger partial charge is 0.231 e. The number of nitrogens with zero attached hydrogens (tertiary/aromatic N) is 2. The van der Waals surface area contributed by atoms with Crippen LogP contribution in [0.15, 0.2) is 30.3 Å². The van der Waals surface area contributed by atoms with Gasteiger partial charge in [-0.3, -0.25) is 9.59 Å². The lowest BCUT2D eigenvalue weighted by Gasteiger charge is -2.35. The summed E-state index contributed by atoms with van der Waals surface area (Å²) >= 11 is 0. The molecule has 1 aromatic rings. The van der Waals surface area contributed by atoms with E-state index < -0.39 is 0 Å². The summed E-state index contributed by atoms with van der Waals surface area (Å²) in [6, 6.07) is 9.94. The molecule has 1 atom stereocenters. The van der Waals surface area contributed by atoms with Gasteiger partial charge >= 0.3 is 0 Å². The molecule has 4 nitrogen and oxygen atoms in total. The first kappa shape index (κ1) is 17.0. The Morgan fingerprint density at radius 3 is 2.54 bits per heavy atom. The number of hydrogen-bond acceptors (Lipinski definition) is 2. The average molecular weight is 328 g/mol. The van der Waals surface area contributed by atoms with E-state index in [2.05, 4.69) is 6.92 Å². The van der Waals surface area contributed by atoms with Gasteiger partial charge in [0.25, 0.3) is 0 Å². The number of anilines is 1. The minimum atomic E-state index is -0.0569. The Morgan fingerprint density at radius 1 is 1.12 bits per heavy atom. The van der Waals surface area contributed by atoms with Crippen LogP contribution in [-0.4, -0.2) is 36.3 Å². The SMILES string of the molecule is CCCCN(C(=O)C1CCCN(C(=O)C2CC2)C1)c1ccccc1. The number of carbonyl (C=O) groups is 2. The highest BCUT2D eigenvalue weighted by atomic mass is 16.2. The van der Waals surface area contributed by atoms with E-state index in [9.17, 15) is 9.59 Å². The molecule has 2 fully saturated rings. The third-order valence-corrected chi connectivity index (χ3v) is 5.08. The van der Waals surface area contributed by atoms with Crippen molar-refractivity contribution in [3.8, 4) is 0 Å². The van der Waals surface area contributed by atoms with E-state index in [1.807, 2.05) is 40.1 Å². The van der Waals surface area contributed by atoms with Crippen LogP contribution in [0.4, 0.5) is 5.69 Å². The summed E-state index contributed by atoms with van der Waals surface area (Å²) in [4.78, 5) is 29.4. The second kappa shape index (κ2) is 7.82. The van der Waals surface area contributed by atoms with Gasteiger partial charge in [0.2, 0.25) is 11.8 Å². The molecule has 0 radical (unpaired) electrons. The van der Waals surface area contributed by atoms with Crippen molar-refractivity contribution in [1.82, 2.24) is 4.90 Å². The van der Waals surface area contributed by atoms with Gasteiger partial charge in [0.05, 0.1) is 5.92 Å². The van der Waals surface area contributed by atoms with Crippen molar-refractivity contribution < 1.29 is 9.59 Å². The first-order valence-corrected chi connectivity index (χ1v) is 9.36. The molecule has 1 aliphatic heterocycles. The molecule has 1 saturated heterocycles. The van der Waals surface area contributed by atoms with Crippen LogP contribution in [0.3, 0.4) is 0 Å². The van der Waals surface area contributed by atoms with Crippen LogP contribution < -0.4 is 4.90 Å². The summed E-state index contributed by atoms with van der Waals surface area (Å²) in [6.45, 7) is 4.32. The quantitative estimate of drug-likeness (QED) is 0.802. The van der Waals surface area contributed by atoms with E-state index in [0.29, 0.717) is 6.54 Å². The van der Waals surface area contributed by atoms with E-state index in [1.54, 1.807) is 0 Å². The summed E-state index contributed by atoms with van der Waals surface area (Å²) in [5, 5.41) is 0. The number of likely N-dealkylation sites (tertiary alicyclic amines) is 1. The molecule has 4 heteroatoms. The highest BCUT2D eigenvalue weighted by Crippen LogP contribution is 2.33. The van der Waals surface area contributed by atoms with E-state index >= 15 is 0 Å². The Hall–Kier alpha value is -1.84. The molecule has 130 valence electrons. The molecule has 3 rings (SSSR count). The van der Waals surface area contributed by atoms with Crippen molar-refractivity contribution in [2.24, 2.45) is 11.8 Å². The van der Waals surface area contributed by atoms with Gasteiger partial charge in [-0.05, 0) is 44.2 Å². The minimum Gasteiger partial charge on any atom is -0.342 e. The summed E-state index contributed by atoms with van der Waals surface area (Å²) in [6.07, 6.45) is 5.95. The molecule has 1 aromatic carbocycles. The highest BCUT2D eigenvalue weighted by molar-refractivity contribution is 5.95. The molecule has 24 heavy (non-hydrogen) atoms. The van der Waals surface area contributed by atoms with Crippen LogP contribution in [0.1, 0.15) is 45.4 Å². The molecule has 0 N–H and O–H groups in total. The van der Waals surface area contributed by atoms with E-state index in [4.69, 9.17) is 0 Å². The van der Waals surface area contributed by atoms with Gasteiger partial charge < -0.3 is 9.80 Å². The molecular formula is C20H28N2O2. The molecule has 0 bridgehead atoms. The fourth-order valence-corrected chi connectivity index (χ4v) is 3.48. The van der Waals surface area contributed by atoms with Crippen LogP contribution in [0.2, 0.25) is 0 Å². The maximum Gasteiger partial charge on any atom is 0.231 e. The van der Waals surface area contributed by atoms with Gasteiger partial charge in [-0.25, -0.2) is 0 Å². The van der Waals surface area contributed by atoms with Crippen LogP contribution >= 0.6 is 0 Å². The Labute approximate surface area is 144 Å². The lowest BCUT2D eigenvalue weighted by molar-refractivity contribution is -0.136. The number of rotatable bonds is 6. The van der Waals surface area contributed by atoms with Crippen LogP contribution in [0.25, 0.3) is 0 Å². The number of carbonyl (C=O) groups excluding carboxylic acids is 2. The van der Waals surface area contributed by atoms with Crippen LogP contribution in [0, 0.1) is 11.8 Å². The van der Waals surface area contributed by atoms with Gasteiger partial charge in [0.15, 0.2) is 0 Å². The fraction of sp³-hybridized carbons (Fsp3) is 0.600. The second-order valence-corrected chi connectivity index (χ2v) is 7.08. The van der Waals surface area contributed by atoms with Crippen molar-refractivity contribution >= 4 is 17.5 Å². The third kappa shape index (κ3) is 3.97. The number of piperidine rings is 1. The molecule has 0 spiro atoms. The van der Waals surface area contributed by atoms with Gasteiger partial charge in [-0.15, -0.1) is 0 Å². The van der Waals surface area contributed by atoms with Crippen molar-refractivity contribution in [1.29, 1.82) is 0 Å². The number of unbranched alkanes of at least 4 members (excludes halogenated alkanes) is 1. The monoisotopic (exact) mass is 328 g/mol. The minimum absolute atomic E-state index is 0.0569. The van der Waals surface area contributed by atoms with Crippen molar-refractivity contribution in [2.45, 2.75) is 45.4 Å². The van der Waals surface area contributed by atoms with E-state index in [0.717, 1.165) is 57.3 Å². The molecular weight excluding hydrogens is 300 g/mol. The number of para-hydroxylation sites is 1. The van der Waals surface area contributed by atoms with Crippen LogP contribution in [-0.2, 0) is 9.59 Å². The molecule has 0 aromatic heterocycles. The van der Waals surface area contributed by atoms with Crippen molar-refractivity contribution in [3.63, 3.8) is 0 Å². The largest absolute Gasteiger partial charge is 0.342 e. The summed E-state index contributed by atoms with van der Waals surface area (Å²) in [5.41, 5.74) is 0.974. The summed E-state index contributed by atoms with van der Waals surface area (Å²) in [7, 11) is 0. The molecule has 2 amide bonds. The van der Waals surface area contributed by atoms with Gasteiger partial charge in [-0.1, -0.05) is 31.5 Å². The summed E-state index contributed by atoms with van der Waals surface area (Å²) in [5.74, 6) is 0.637. The average Bonchev–Trinajstić information content (AvgIpc) is 3.47. The normalized spacial score (nSPS) is 20.7. The fourth-order valence-electron chi connectivity index (χ4n) is 3.48. The molecule has 2 aliphatic rings. The highest BCUT2D eigenvalue weighted by Gasteiger charge is 2.37. The Morgan fingerprint density at radius 2 is 1.88 bits per heavy atom. The zero-order valence-electron chi connectivity index (χ0n) is 14.6. The standard InChI is InChI=1S/C20H28N2O2/c1-2-3-14-22(18-9-5-4-6-10-18)20(24)17-8-7-13-21(15-17)19(23)16-11-12-16/h4-6,9-10,16-17H,2-3,7-8,11-15H2,1H3. The predicted octanol–water partition coefficient (Wildman–Crippen LogP) is 3.47. The topological polar surface area (TPSA) is 40.6 Å². The van der Waals surface area contributed by atoms with Gasteiger partial charge in [-0.2, -0.15) is 0 Å². The lowest BCUT2D eigenvalue weighted by atomic mass is 9.95. The zero-order chi connectivity index (χ0) is 16.9. The molecule has 1 saturated carbocycles. The number of hydrogen-bond donors (Lipinski definition) is 0. The first-order chi connectivity index (χ1) is 11.7. The maximum atomic E-state index is 13.1. The van der Waals surface area contributed by atoms with E-state index in [-0.39, 0.29) is 23.7 Å². The molecule has 1 heterocycles. The Balaban J connectivity index is 1.70. The third-order valence-electron chi connectivity index (χ3n) is 5.08. The maximum absolute atomic E-state index is 13.1. The summed E-state index contributed by atoms with van der Waals surface area (Å²) < 4.78 is 0. The van der Waals surface area contributed by atoms with Crippen molar-refractivity contribution in [2.75, 3.05) is 24.5 Å². The number of amides is 2. The second-order valence-electron chi connectivity index (χ2n) is 7.08. The number of benzene rings is 1.